The van der Waals surface area contributed by atoms with Gasteiger partial charge < -0.3 is 0 Å². The number of hydrogen-bond donors (Lipinski definition) is 1. The van der Waals surface area contributed by atoms with Crippen molar-refractivity contribution in [3.8, 4) is 0 Å². The summed E-state index contributed by atoms with van der Waals surface area (Å²) in [5.41, 5.74) is -0.178. The standard InChI is InChI=1S/C9H5F3N2O/c10-9(11,12)8(15)7-5-3-1-2-4-6(5)13-14-7/h1-4H,(H,13,14). The van der Waals surface area contributed by atoms with Gasteiger partial charge in [-0.15, -0.1) is 0 Å². The molecule has 0 spiro atoms. The largest absolute Gasteiger partial charge is 0.456 e. The lowest BCUT2D eigenvalue weighted by molar-refractivity contribution is -0.0887. The van der Waals surface area contributed by atoms with Crippen LogP contribution in [0.25, 0.3) is 10.9 Å². The monoisotopic (exact) mass is 214 g/mol. The summed E-state index contributed by atoms with van der Waals surface area (Å²) in [5.74, 6) is -1.93. The number of H-pyrrole nitrogens is 1. The highest BCUT2D eigenvalue weighted by atomic mass is 19.4. The van der Waals surface area contributed by atoms with Crippen molar-refractivity contribution in [3.05, 3.63) is 30.0 Å². The number of rotatable bonds is 1. The van der Waals surface area contributed by atoms with Gasteiger partial charge in [0.15, 0.2) is 0 Å². The highest BCUT2D eigenvalue weighted by molar-refractivity contribution is 6.08. The lowest BCUT2D eigenvalue weighted by atomic mass is 10.1. The summed E-state index contributed by atoms with van der Waals surface area (Å²) in [5, 5.41) is 5.92. The molecule has 2 aromatic rings. The second kappa shape index (κ2) is 3.08. The Morgan fingerprint density at radius 3 is 2.60 bits per heavy atom. The molecule has 0 aliphatic heterocycles. The predicted octanol–water partition coefficient (Wildman–Crippen LogP) is 2.31. The van der Waals surface area contributed by atoms with Crippen LogP contribution < -0.4 is 0 Å². The Bertz CT molecular complexity index is 515. The molecule has 0 saturated heterocycles. The quantitative estimate of drug-likeness (QED) is 0.740. The minimum absolute atomic E-state index is 0.180. The maximum absolute atomic E-state index is 12.1. The minimum atomic E-state index is -4.89. The van der Waals surface area contributed by atoms with Gasteiger partial charge in [-0.2, -0.15) is 18.3 Å². The Morgan fingerprint density at radius 2 is 1.93 bits per heavy atom. The number of halogens is 3. The van der Waals surface area contributed by atoms with E-state index in [9.17, 15) is 18.0 Å². The first-order valence-corrected chi connectivity index (χ1v) is 4.05. The Labute approximate surface area is 81.9 Å². The lowest BCUT2D eigenvalue weighted by Crippen LogP contribution is -2.23. The number of alkyl halides is 3. The molecule has 0 fully saturated rings. The van der Waals surface area contributed by atoms with Crippen LogP contribution in [0.1, 0.15) is 10.5 Å². The number of benzene rings is 1. The molecule has 0 atom stereocenters. The molecule has 0 amide bonds. The van der Waals surface area contributed by atoms with E-state index in [-0.39, 0.29) is 5.39 Å². The molecule has 1 aromatic carbocycles. The molecular formula is C9H5F3N2O. The average Bonchev–Trinajstić information content (AvgIpc) is 2.58. The third kappa shape index (κ3) is 1.58. The summed E-state index contributed by atoms with van der Waals surface area (Å²) < 4.78 is 36.4. The van der Waals surface area contributed by atoms with Crippen molar-refractivity contribution in [2.24, 2.45) is 0 Å². The van der Waals surface area contributed by atoms with Crippen LogP contribution in [0.15, 0.2) is 24.3 Å². The van der Waals surface area contributed by atoms with E-state index in [1.54, 1.807) is 18.2 Å². The normalized spacial score (nSPS) is 11.9. The first-order chi connectivity index (χ1) is 7.00. The van der Waals surface area contributed by atoms with Gasteiger partial charge in [-0.05, 0) is 6.07 Å². The molecule has 1 aromatic heterocycles. The molecule has 2 rings (SSSR count). The number of fused-ring (bicyclic) bond motifs is 1. The fourth-order valence-corrected chi connectivity index (χ4v) is 1.27. The number of aromatic amines is 1. The average molecular weight is 214 g/mol. The van der Waals surface area contributed by atoms with Crippen LogP contribution in [0, 0.1) is 0 Å². The van der Waals surface area contributed by atoms with Gasteiger partial charge in [0.25, 0.3) is 5.78 Å². The van der Waals surface area contributed by atoms with Crippen molar-refractivity contribution >= 4 is 16.7 Å². The minimum Gasteiger partial charge on any atom is -0.282 e. The van der Waals surface area contributed by atoms with Gasteiger partial charge in [-0.1, -0.05) is 18.2 Å². The molecular weight excluding hydrogens is 209 g/mol. The van der Waals surface area contributed by atoms with Crippen LogP contribution in [0.4, 0.5) is 13.2 Å². The number of carbonyl (C=O) groups is 1. The molecule has 15 heavy (non-hydrogen) atoms. The predicted molar refractivity (Wildman–Crippen MR) is 46.5 cm³/mol. The SMILES string of the molecule is O=C(c1n[nH]c2ccccc12)C(F)(F)F. The van der Waals surface area contributed by atoms with Crippen LogP contribution >= 0.6 is 0 Å². The number of Topliss-reactive ketones (excluding diaryl/α,β-unsaturated/α-hetero) is 1. The molecule has 3 nitrogen and oxygen atoms in total. The third-order valence-corrected chi connectivity index (χ3v) is 1.94. The molecule has 0 bridgehead atoms. The Hall–Kier alpha value is -1.85. The number of aromatic nitrogens is 2. The van der Waals surface area contributed by atoms with Gasteiger partial charge in [-0.25, -0.2) is 0 Å². The van der Waals surface area contributed by atoms with Crippen molar-refractivity contribution < 1.29 is 18.0 Å². The van der Waals surface area contributed by atoms with Crippen molar-refractivity contribution in [2.75, 3.05) is 0 Å². The summed E-state index contributed by atoms with van der Waals surface area (Å²) in [4.78, 5) is 10.9. The number of nitrogens with zero attached hydrogens (tertiary/aromatic N) is 1. The second-order valence-electron chi connectivity index (χ2n) is 2.94. The van der Waals surface area contributed by atoms with E-state index in [0.29, 0.717) is 5.52 Å². The van der Waals surface area contributed by atoms with Gasteiger partial charge >= 0.3 is 6.18 Å². The summed E-state index contributed by atoms with van der Waals surface area (Å²) >= 11 is 0. The summed E-state index contributed by atoms with van der Waals surface area (Å²) in [6.45, 7) is 0. The number of carbonyl (C=O) groups excluding carboxylic acids is 1. The third-order valence-electron chi connectivity index (χ3n) is 1.94. The molecule has 0 unspecified atom stereocenters. The van der Waals surface area contributed by atoms with E-state index in [2.05, 4.69) is 10.2 Å². The van der Waals surface area contributed by atoms with Gasteiger partial charge in [-0.3, -0.25) is 9.89 Å². The Balaban J connectivity index is 2.58. The first-order valence-electron chi connectivity index (χ1n) is 4.05. The van der Waals surface area contributed by atoms with E-state index in [1.807, 2.05) is 0 Å². The van der Waals surface area contributed by atoms with Crippen molar-refractivity contribution in [3.63, 3.8) is 0 Å². The topological polar surface area (TPSA) is 45.8 Å². The van der Waals surface area contributed by atoms with Crippen LogP contribution in [-0.4, -0.2) is 22.2 Å². The van der Waals surface area contributed by atoms with Gasteiger partial charge in [0.05, 0.1) is 5.52 Å². The Kier molecular flexibility index (Phi) is 1.99. The molecule has 0 aliphatic rings. The smallest absolute Gasteiger partial charge is 0.282 e. The zero-order chi connectivity index (χ0) is 11.1. The molecule has 6 heteroatoms. The van der Waals surface area contributed by atoms with Crippen LogP contribution in [0.2, 0.25) is 0 Å². The molecule has 0 radical (unpaired) electrons. The number of nitrogens with one attached hydrogen (secondary N) is 1. The lowest BCUT2D eigenvalue weighted by Gasteiger charge is -2.01. The molecule has 1 N–H and O–H groups in total. The van der Waals surface area contributed by atoms with Crippen molar-refractivity contribution in [2.45, 2.75) is 6.18 Å². The van der Waals surface area contributed by atoms with Crippen LogP contribution in [-0.2, 0) is 0 Å². The zero-order valence-electron chi connectivity index (χ0n) is 7.30. The van der Waals surface area contributed by atoms with Gasteiger partial charge in [0, 0.05) is 5.39 Å². The van der Waals surface area contributed by atoms with Gasteiger partial charge in [0.2, 0.25) is 0 Å². The second-order valence-corrected chi connectivity index (χ2v) is 2.94. The van der Waals surface area contributed by atoms with E-state index in [4.69, 9.17) is 0 Å². The number of hydrogen-bond acceptors (Lipinski definition) is 2. The van der Waals surface area contributed by atoms with Gasteiger partial charge in [0.1, 0.15) is 5.69 Å². The summed E-state index contributed by atoms with van der Waals surface area (Å²) in [7, 11) is 0. The highest BCUT2D eigenvalue weighted by Gasteiger charge is 2.41. The van der Waals surface area contributed by atoms with E-state index in [1.165, 1.54) is 6.07 Å². The van der Waals surface area contributed by atoms with Crippen LogP contribution in [0.5, 0.6) is 0 Å². The maximum atomic E-state index is 12.1. The number of ketones is 1. The fourth-order valence-electron chi connectivity index (χ4n) is 1.27. The summed E-state index contributed by atoms with van der Waals surface area (Å²) in [6, 6.07) is 6.15. The number of para-hydroxylation sites is 1. The molecule has 1 heterocycles. The fraction of sp³-hybridized carbons (Fsp3) is 0.111. The van der Waals surface area contributed by atoms with Crippen molar-refractivity contribution in [1.29, 1.82) is 0 Å². The highest BCUT2D eigenvalue weighted by Crippen LogP contribution is 2.24. The van der Waals surface area contributed by atoms with E-state index < -0.39 is 17.7 Å². The maximum Gasteiger partial charge on any atom is 0.456 e. The summed E-state index contributed by atoms with van der Waals surface area (Å²) in [6.07, 6.45) is -4.89. The molecule has 0 saturated carbocycles. The van der Waals surface area contributed by atoms with Crippen molar-refractivity contribution in [1.82, 2.24) is 10.2 Å². The Morgan fingerprint density at radius 1 is 1.27 bits per heavy atom. The first kappa shape index (κ1) is 9.70. The molecule has 0 aliphatic carbocycles. The molecule has 78 valence electrons. The van der Waals surface area contributed by atoms with E-state index in [0.717, 1.165) is 0 Å². The zero-order valence-corrected chi connectivity index (χ0v) is 7.30. The van der Waals surface area contributed by atoms with E-state index >= 15 is 0 Å². The van der Waals surface area contributed by atoms with Crippen LogP contribution in [0.3, 0.4) is 0 Å².